The second kappa shape index (κ2) is 4.53. The van der Waals surface area contributed by atoms with Gasteiger partial charge in [0.15, 0.2) is 0 Å². The van der Waals surface area contributed by atoms with Crippen LogP contribution >= 0.6 is 0 Å². The Morgan fingerprint density at radius 1 is 1.16 bits per heavy atom. The number of nitrogens with one attached hydrogen (secondary N) is 1. The zero-order valence-electron chi connectivity index (χ0n) is 10.4. The molecule has 0 saturated carbocycles. The molecule has 19 heavy (non-hydrogen) atoms. The number of aromatic nitrogens is 3. The van der Waals surface area contributed by atoms with Crippen LogP contribution in [-0.2, 0) is 7.05 Å². The lowest BCUT2D eigenvalue weighted by Crippen LogP contribution is -2.16. The highest BCUT2D eigenvalue weighted by Gasteiger charge is 2.11. The van der Waals surface area contributed by atoms with Gasteiger partial charge in [-0.1, -0.05) is 18.2 Å². The molecule has 0 atom stereocenters. The first-order valence-corrected chi connectivity index (χ1v) is 5.89. The molecule has 0 unspecified atom stereocenters. The molecule has 2 heterocycles. The second-order valence-corrected chi connectivity index (χ2v) is 4.17. The Bertz CT molecular complexity index is 743. The number of nitrogens with zero attached hydrogens (tertiary/aromatic N) is 3. The first kappa shape index (κ1) is 11.4. The number of fused-ring (bicyclic) bond motifs is 1. The van der Waals surface area contributed by atoms with Crippen LogP contribution in [0, 0.1) is 0 Å². The highest BCUT2D eigenvalue weighted by molar-refractivity contribution is 6.07. The summed E-state index contributed by atoms with van der Waals surface area (Å²) in [6, 6.07) is 11.2. The Morgan fingerprint density at radius 3 is 2.79 bits per heavy atom. The van der Waals surface area contributed by atoms with E-state index < -0.39 is 0 Å². The van der Waals surface area contributed by atoms with Crippen molar-refractivity contribution in [3.05, 3.63) is 54.5 Å². The van der Waals surface area contributed by atoms with Crippen molar-refractivity contribution in [3.8, 4) is 0 Å². The smallest absolute Gasteiger partial charge is 0.273 e. The summed E-state index contributed by atoms with van der Waals surface area (Å²) >= 11 is 0. The monoisotopic (exact) mass is 252 g/mol. The van der Waals surface area contributed by atoms with Crippen molar-refractivity contribution in [2.24, 2.45) is 7.05 Å². The normalized spacial score (nSPS) is 10.6. The highest BCUT2D eigenvalue weighted by atomic mass is 16.2. The van der Waals surface area contributed by atoms with Crippen molar-refractivity contribution >= 4 is 22.5 Å². The fraction of sp³-hybridized carbons (Fsp3) is 0.0714. The van der Waals surface area contributed by atoms with Crippen LogP contribution in [0.1, 0.15) is 10.5 Å². The molecular weight excluding hydrogens is 240 g/mol. The molecule has 1 aromatic carbocycles. The minimum Gasteiger partial charge on any atom is -0.319 e. The van der Waals surface area contributed by atoms with Gasteiger partial charge in [-0.15, -0.1) is 0 Å². The highest BCUT2D eigenvalue weighted by Crippen LogP contribution is 2.21. The summed E-state index contributed by atoms with van der Waals surface area (Å²) in [6.45, 7) is 0. The molecule has 0 saturated heterocycles. The largest absolute Gasteiger partial charge is 0.319 e. The third-order valence-corrected chi connectivity index (χ3v) is 2.93. The van der Waals surface area contributed by atoms with Gasteiger partial charge in [0.1, 0.15) is 5.69 Å². The molecule has 0 fully saturated rings. The molecule has 3 aromatic rings. The van der Waals surface area contributed by atoms with Crippen molar-refractivity contribution in [2.45, 2.75) is 0 Å². The van der Waals surface area contributed by atoms with E-state index in [9.17, 15) is 4.79 Å². The average Bonchev–Trinajstić information content (AvgIpc) is 2.85. The number of anilines is 1. The zero-order chi connectivity index (χ0) is 13.2. The molecule has 1 amide bonds. The molecule has 0 radical (unpaired) electrons. The molecule has 0 bridgehead atoms. The maximum absolute atomic E-state index is 12.1. The third kappa shape index (κ3) is 2.06. The molecule has 0 aliphatic heterocycles. The molecule has 0 aliphatic carbocycles. The standard InChI is InChI=1S/C14H12N4O/c1-18-12(7-9-16-18)14(19)17-11-6-2-4-10-5-3-8-15-13(10)11/h2-9H,1H3,(H,17,19). The van der Waals surface area contributed by atoms with Gasteiger partial charge in [-0.25, -0.2) is 0 Å². The summed E-state index contributed by atoms with van der Waals surface area (Å²) in [4.78, 5) is 16.4. The molecule has 94 valence electrons. The Morgan fingerprint density at radius 2 is 2.00 bits per heavy atom. The van der Waals surface area contributed by atoms with Crippen LogP contribution in [0.5, 0.6) is 0 Å². The van der Waals surface area contributed by atoms with Crippen LogP contribution < -0.4 is 5.32 Å². The van der Waals surface area contributed by atoms with E-state index in [4.69, 9.17) is 0 Å². The Hall–Kier alpha value is -2.69. The lowest BCUT2D eigenvalue weighted by Gasteiger charge is -2.07. The van der Waals surface area contributed by atoms with E-state index in [1.54, 1.807) is 25.5 Å². The minimum absolute atomic E-state index is 0.196. The van der Waals surface area contributed by atoms with Crippen molar-refractivity contribution in [1.29, 1.82) is 0 Å². The van der Waals surface area contributed by atoms with Gasteiger partial charge in [0.05, 0.1) is 11.2 Å². The molecular formula is C14H12N4O. The van der Waals surface area contributed by atoms with Crippen molar-refractivity contribution < 1.29 is 4.79 Å². The number of pyridine rings is 1. The summed E-state index contributed by atoms with van der Waals surface area (Å²) < 4.78 is 1.54. The van der Waals surface area contributed by atoms with Crippen molar-refractivity contribution in [2.75, 3.05) is 5.32 Å². The van der Waals surface area contributed by atoms with Crippen LogP contribution in [0.15, 0.2) is 48.8 Å². The number of benzene rings is 1. The van der Waals surface area contributed by atoms with E-state index in [0.29, 0.717) is 11.4 Å². The number of carbonyl (C=O) groups excluding carboxylic acids is 1. The van der Waals surface area contributed by atoms with E-state index in [-0.39, 0.29) is 5.91 Å². The minimum atomic E-state index is -0.196. The van der Waals surface area contributed by atoms with Gasteiger partial charge < -0.3 is 5.32 Å². The van der Waals surface area contributed by atoms with E-state index in [2.05, 4.69) is 15.4 Å². The number of carbonyl (C=O) groups is 1. The fourth-order valence-electron chi connectivity index (χ4n) is 1.99. The Kier molecular flexibility index (Phi) is 2.72. The van der Waals surface area contributed by atoms with E-state index >= 15 is 0 Å². The van der Waals surface area contributed by atoms with Gasteiger partial charge >= 0.3 is 0 Å². The summed E-state index contributed by atoms with van der Waals surface area (Å²) in [6.07, 6.45) is 3.30. The SMILES string of the molecule is Cn1nccc1C(=O)Nc1cccc2cccnc12. The molecule has 2 aromatic heterocycles. The van der Waals surface area contributed by atoms with Gasteiger partial charge in [-0.3, -0.25) is 14.5 Å². The third-order valence-electron chi connectivity index (χ3n) is 2.93. The van der Waals surface area contributed by atoms with Crippen molar-refractivity contribution in [1.82, 2.24) is 14.8 Å². The van der Waals surface area contributed by atoms with Crippen molar-refractivity contribution in [3.63, 3.8) is 0 Å². The van der Waals surface area contributed by atoms with Gasteiger partial charge in [0.25, 0.3) is 5.91 Å². The van der Waals surface area contributed by atoms with E-state index in [0.717, 1.165) is 10.9 Å². The molecule has 3 rings (SSSR count). The first-order chi connectivity index (χ1) is 9.25. The zero-order valence-corrected chi connectivity index (χ0v) is 10.4. The lowest BCUT2D eigenvalue weighted by molar-refractivity contribution is 0.101. The molecule has 1 N–H and O–H groups in total. The van der Waals surface area contributed by atoms with Crippen LogP contribution in [0.4, 0.5) is 5.69 Å². The number of aryl methyl sites for hydroxylation is 1. The van der Waals surface area contributed by atoms with Gasteiger partial charge in [0, 0.05) is 24.8 Å². The maximum atomic E-state index is 12.1. The van der Waals surface area contributed by atoms with Crippen LogP contribution in [0.2, 0.25) is 0 Å². The fourth-order valence-corrected chi connectivity index (χ4v) is 1.99. The van der Waals surface area contributed by atoms with Crippen LogP contribution in [0.3, 0.4) is 0 Å². The molecule has 5 heteroatoms. The van der Waals surface area contributed by atoms with E-state index in [1.807, 2.05) is 30.3 Å². The summed E-state index contributed by atoms with van der Waals surface area (Å²) in [5.74, 6) is -0.196. The van der Waals surface area contributed by atoms with E-state index in [1.165, 1.54) is 4.68 Å². The number of hydrogen-bond donors (Lipinski definition) is 1. The summed E-state index contributed by atoms with van der Waals surface area (Å²) in [5, 5.41) is 7.84. The Labute approximate surface area is 109 Å². The predicted octanol–water partition coefficient (Wildman–Crippen LogP) is 2.22. The maximum Gasteiger partial charge on any atom is 0.273 e. The quantitative estimate of drug-likeness (QED) is 0.760. The van der Waals surface area contributed by atoms with Gasteiger partial charge in [-0.2, -0.15) is 5.10 Å². The summed E-state index contributed by atoms with van der Waals surface area (Å²) in [5.41, 5.74) is 1.98. The van der Waals surface area contributed by atoms with Crippen LogP contribution in [0.25, 0.3) is 10.9 Å². The van der Waals surface area contributed by atoms with Crippen LogP contribution in [-0.4, -0.2) is 20.7 Å². The first-order valence-electron chi connectivity index (χ1n) is 5.89. The molecule has 0 spiro atoms. The molecule has 0 aliphatic rings. The number of amides is 1. The molecule has 5 nitrogen and oxygen atoms in total. The van der Waals surface area contributed by atoms with Gasteiger partial charge in [-0.05, 0) is 18.2 Å². The second-order valence-electron chi connectivity index (χ2n) is 4.17. The Balaban J connectivity index is 1.98. The lowest BCUT2D eigenvalue weighted by atomic mass is 10.2. The number of para-hydroxylation sites is 1. The number of rotatable bonds is 2. The topological polar surface area (TPSA) is 59.8 Å². The summed E-state index contributed by atoms with van der Waals surface area (Å²) in [7, 11) is 1.73. The predicted molar refractivity (Wildman–Crippen MR) is 72.9 cm³/mol. The average molecular weight is 252 g/mol. The number of hydrogen-bond acceptors (Lipinski definition) is 3. The van der Waals surface area contributed by atoms with Gasteiger partial charge in [0.2, 0.25) is 0 Å².